The summed E-state index contributed by atoms with van der Waals surface area (Å²) in [4.78, 5) is 0. The normalized spacial score (nSPS) is 12.3. The van der Waals surface area contributed by atoms with Gasteiger partial charge in [0.25, 0.3) is 0 Å². The maximum atomic E-state index is 5.99. The highest BCUT2D eigenvalue weighted by atomic mass is 35.5. The molecule has 0 aromatic heterocycles. The molecule has 0 heterocycles. The highest BCUT2D eigenvalue weighted by Gasteiger charge is 2.13. The molecule has 0 N–H and O–H groups in total. The quantitative estimate of drug-likeness (QED) is 0.663. The summed E-state index contributed by atoms with van der Waals surface area (Å²) in [5.41, 5.74) is 0.868. The number of alkyl halides is 1. The van der Waals surface area contributed by atoms with Gasteiger partial charge in [0.15, 0.2) is 0 Å². The zero-order valence-corrected chi connectivity index (χ0v) is 9.50. The van der Waals surface area contributed by atoms with Gasteiger partial charge in [0.05, 0.1) is 10.4 Å². The van der Waals surface area contributed by atoms with Crippen molar-refractivity contribution in [2.75, 3.05) is 0 Å². The lowest BCUT2D eigenvalue weighted by atomic mass is 10.1. The van der Waals surface area contributed by atoms with Crippen molar-refractivity contribution < 1.29 is 0 Å². The minimum atomic E-state index is -0.479. The Morgan fingerprint density at radius 2 is 1.54 bits per heavy atom. The second-order valence-corrected chi connectivity index (χ2v) is 4.17. The van der Waals surface area contributed by atoms with Gasteiger partial charge in [0.1, 0.15) is 4.49 Å². The summed E-state index contributed by atoms with van der Waals surface area (Å²) in [5, 5.41) is -0.232. The summed E-state index contributed by atoms with van der Waals surface area (Å²) in [6, 6.07) is 9.36. The molecule has 0 spiro atoms. The molecule has 0 amide bonds. The average Bonchev–Trinajstić information content (AvgIpc) is 2.17. The smallest absolute Gasteiger partial charge is 0.112 e. The van der Waals surface area contributed by atoms with Crippen LogP contribution >= 0.6 is 46.4 Å². The molecular weight excluding hydrogens is 250 g/mol. The minimum Gasteiger partial charge on any atom is -0.112 e. The van der Waals surface area contributed by atoms with E-state index in [0.29, 0.717) is 0 Å². The van der Waals surface area contributed by atoms with Gasteiger partial charge in [-0.2, -0.15) is 0 Å². The standard InChI is InChI=1S/C9H6Cl4/c10-7(8(11)9(12)13)6-4-2-1-3-5-6/h1-5,7H. The Morgan fingerprint density at radius 1 is 1.00 bits per heavy atom. The monoisotopic (exact) mass is 254 g/mol. The van der Waals surface area contributed by atoms with Gasteiger partial charge in [0, 0.05) is 0 Å². The van der Waals surface area contributed by atoms with Crippen LogP contribution in [0.25, 0.3) is 0 Å². The first-order valence-corrected chi connectivity index (χ1v) is 5.09. The van der Waals surface area contributed by atoms with Crippen LogP contribution in [0.1, 0.15) is 10.9 Å². The fraction of sp³-hybridized carbons (Fsp3) is 0.111. The fourth-order valence-corrected chi connectivity index (χ4v) is 1.57. The Morgan fingerprint density at radius 3 is 2.00 bits per heavy atom. The second-order valence-electron chi connectivity index (χ2n) is 2.38. The van der Waals surface area contributed by atoms with Gasteiger partial charge in [-0.3, -0.25) is 0 Å². The zero-order chi connectivity index (χ0) is 9.84. The van der Waals surface area contributed by atoms with Crippen LogP contribution in [0.4, 0.5) is 0 Å². The van der Waals surface area contributed by atoms with Crippen molar-refractivity contribution in [1.82, 2.24) is 0 Å². The highest BCUT2D eigenvalue weighted by molar-refractivity contribution is 6.60. The van der Waals surface area contributed by atoms with E-state index < -0.39 is 5.38 Å². The van der Waals surface area contributed by atoms with Gasteiger partial charge in [-0.1, -0.05) is 65.1 Å². The molecule has 1 unspecified atom stereocenters. The molecule has 1 aromatic carbocycles. The molecule has 0 fully saturated rings. The molecule has 1 rings (SSSR count). The van der Waals surface area contributed by atoms with Gasteiger partial charge >= 0.3 is 0 Å². The van der Waals surface area contributed by atoms with Crippen molar-refractivity contribution in [3.63, 3.8) is 0 Å². The average molecular weight is 256 g/mol. The lowest BCUT2D eigenvalue weighted by Crippen LogP contribution is -1.89. The van der Waals surface area contributed by atoms with Crippen LogP contribution in [-0.4, -0.2) is 0 Å². The molecule has 1 atom stereocenters. The highest BCUT2D eigenvalue weighted by Crippen LogP contribution is 2.35. The van der Waals surface area contributed by atoms with Crippen molar-refractivity contribution >= 4 is 46.4 Å². The van der Waals surface area contributed by atoms with E-state index in [1.165, 1.54) is 0 Å². The Labute approximate surface area is 97.0 Å². The van der Waals surface area contributed by atoms with E-state index in [1.54, 1.807) is 0 Å². The van der Waals surface area contributed by atoms with Crippen molar-refractivity contribution in [3.05, 3.63) is 45.4 Å². The molecule has 70 valence electrons. The van der Waals surface area contributed by atoms with Crippen LogP contribution in [0.15, 0.2) is 39.9 Å². The summed E-state index contributed by atoms with van der Waals surface area (Å²) in [6.07, 6.45) is 0. The molecule has 0 bridgehead atoms. The molecule has 1 aromatic rings. The van der Waals surface area contributed by atoms with E-state index in [0.717, 1.165) is 5.56 Å². The zero-order valence-electron chi connectivity index (χ0n) is 6.48. The lowest BCUT2D eigenvalue weighted by molar-refractivity contribution is 1.19. The summed E-state index contributed by atoms with van der Waals surface area (Å²) in [5.74, 6) is 0. The van der Waals surface area contributed by atoms with Gasteiger partial charge in [-0.15, -0.1) is 11.6 Å². The largest absolute Gasteiger partial charge is 0.123 e. The van der Waals surface area contributed by atoms with E-state index in [2.05, 4.69) is 0 Å². The first kappa shape index (κ1) is 11.2. The number of allylic oxidation sites excluding steroid dienone is 1. The molecule has 0 saturated carbocycles. The second kappa shape index (κ2) is 5.11. The van der Waals surface area contributed by atoms with Crippen molar-refractivity contribution in [2.24, 2.45) is 0 Å². The van der Waals surface area contributed by atoms with Gasteiger partial charge in [0.2, 0.25) is 0 Å². The van der Waals surface area contributed by atoms with E-state index >= 15 is 0 Å². The predicted octanol–water partition coefficient (Wildman–Crippen LogP) is 4.85. The molecular formula is C9H6Cl4. The van der Waals surface area contributed by atoms with Crippen LogP contribution in [0, 0.1) is 0 Å². The molecule has 13 heavy (non-hydrogen) atoms. The number of hydrogen-bond acceptors (Lipinski definition) is 0. The number of hydrogen-bond donors (Lipinski definition) is 0. The molecule has 0 aliphatic rings. The van der Waals surface area contributed by atoms with E-state index in [4.69, 9.17) is 46.4 Å². The van der Waals surface area contributed by atoms with Gasteiger partial charge in [-0.25, -0.2) is 0 Å². The van der Waals surface area contributed by atoms with Crippen molar-refractivity contribution in [2.45, 2.75) is 5.38 Å². The van der Waals surface area contributed by atoms with Crippen molar-refractivity contribution in [1.29, 1.82) is 0 Å². The molecule has 0 aliphatic carbocycles. The summed E-state index contributed by atoms with van der Waals surface area (Å²) < 4.78 is 0.00511. The van der Waals surface area contributed by atoms with Crippen LogP contribution in [0.5, 0.6) is 0 Å². The van der Waals surface area contributed by atoms with E-state index in [-0.39, 0.29) is 9.52 Å². The SMILES string of the molecule is ClC(Cl)=C(Cl)C(Cl)c1ccccc1. The van der Waals surface area contributed by atoms with E-state index in [9.17, 15) is 0 Å². The number of rotatable bonds is 2. The Bertz CT molecular complexity index is 301. The first-order valence-electron chi connectivity index (χ1n) is 3.52. The molecule has 0 radical (unpaired) electrons. The predicted molar refractivity (Wildman–Crippen MR) is 59.6 cm³/mol. The maximum absolute atomic E-state index is 5.99. The molecule has 0 aliphatic heterocycles. The van der Waals surface area contributed by atoms with Crippen LogP contribution in [-0.2, 0) is 0 Å². The topological polar surface area (TPSA) is 0 Å². The third kappa shape index (κ3) is 3.07. The van der Waals surface area contributed by atoms with Gasteiger partial charge in [-0.05, 0) is 5.56 Å². The minimum absolute atomic E-state index is 0.00511. The summed E-state index contributed by atoms with van der Waals surface area (Å²) in [7, 11) is 0. The van der Waals surface area contributed by atoms with Gasteiger partial charge < -0.3 is 0 Å². The first-order chi connectivity index (χ1) is 6.13. The number of halogens is 4. The number of benzene rings is 1. The van der Waals surface area contributed by atoms with Crippen molar-refractivity contribution in [3.8, 4) is 0 Å². The molecule has 0 nitrogen and oxygen atoms in total. The Balaban J connectivity index is 2.93. The third-order valence-electron chi connectivity index (χ3n) is 1.50. The van der Waals surface area contributed by atoms with Crippen LogP contribution < -0.4 is 0 Å². The third-order valence-corrected chi connectivity index (χ3v) is 3.09. The van der Waals surface area contributed by atoms with E-state index in [1.807, 2.05) is 30.3 Å². The maximum Gasteiger partial charge on any atom is 0.123 e. The Kier molecular flexibility index (Phi) is 4.40. The Hall–Kier alpha value is 0.120. The summed E-state index contributed by atoms with van der Waals surface area (Å²) in [6.45, 7) is 0. The summed E-state index contributed by atoms with van der Waals surface area (Å²) >= 11 is 22.8. The molecule has 4 heteroatoms. The lowest BCUT2D eigenvalue weighted by Gasteiger charge is -2.07. The fourth-order valence-electron chi connectivity index (χ4n) is 0.864. The van der Waals surface area contributed by atoms with Crippen LogP contribution in [0.2, 0.25) is 0 Å². The molecule has 0 saturated heterocycles. The van der Waals surface area contributed by atoms with Crippen LogP contribution in [0.3, 0.4) is 0 Å².